The number of aromatic nitrogens is 2. The third kappa shape index (κ3) is 4.30. The van der Waals surface area contributed by atoms with Crippen LogP contribution in [0, 0.1) is 0 Å². The predicted octanol–water partition coefficient (Wildman–Crippen LogP) is 4.00. The molecule has 146 valence electrons. The monoisotopic (exact) mass is 390 g/mol. The van der Waals surface area contributed by atoms with Gasteiger partial charge in [0.25, 0.3) is 5.56 Å². The highest BCUT2D eigenvalue weighted by molar-refractivity contribution is 5.89. The van der Waals surface area contributed by atoms with Crippen molar-refractivity contribution in [3.8, 4) is 0 Å². The smallest absolute Gasteiger partial charge is 0.317 e. The summed E-state index contributed by atoms with van der Waals surface area (Å²) >= 11 is 0. The number of para-hydroxylation sites is 1. The number of nitrogens with one attached hydrogen (secondary N) is 2. The second-order valence-corrected chi connectivity index (χ2v) is 6.05. The number of hydrogen-bond donors (Lipinski definition) is 2. The van der Waals surface area contributed by atoms with Crippen LogP contribution in [0.15, 0.2) is 53.3 Å². The molecule has 0 spiro atoms. The van der Waals surface area contributed by atoms with Gasteiger partial charge in [0.2, 0.25) is 0 Å². The minimum Gasteiger partial charge on any atom is -0.317 e. The summed E-state index contributed by atoms with van der Waals surface area (Å²) in [7, 11) is 0. The molecule has 9 heteroatoms. The zero-order chi connectivity index (χ0) is 20.3. The maximum atomic E-state index is 12.8. The number of alkyl halides is 3. The standard InChI is InChI=1S/C19H17F3N4O2/c1-2-26(11-16-24-15-9-4-3-8-14(15)17(27)25-16)18(28)23-13-7-5-6-12(10-13)19(20,21)22/h3-10H,2,11H2,1H3,(H,23,28)(H,24,25,27). The molecule has 0 unspecified atom stereocenters. The second-order valence-electron chi connectivity index (χ2n) is 6.05. The van der Waals surface area contributed by atoms with Gasteiger partial charge in [-0.25, -0.2) is 9.78 Å². The molecule has 2 aromatic carbocycles. The molecule has 0 bridgehead atoms. The van der Waals surface area contributed by atoms with Crippen LogP contribution in [0.4, 0.5) is 23.7 Å². The van der Waals surface area contributed by atoms with Crippen LogP contribution >= 0.6 is 0 Å². The highest BCUT2D eigenvalue weighted by Crippen LogP contribution is 2.30. The van der Waals surface area contributed by atoms with Gasteiger partial charge in [0.1, 0.15) is 5.82 Å². The Morgan fingerprint density at radius 3 is 2.64 bits per heavy atom. The number of benzene rings is 2. The van der Waals surface area contributed by atoms with E-state index in [0.717, 1.165) is 12.1 Å². The van der Waals surface area contributed by atoms with Crippen molar-refractivity contribution >= 4 is 22.6 Å². The first-order chi connectivity index (χ1) is 13.3. The molecule has 0 saturated carbocycles. The Morgan fingerprint density at radius 1 is 1.18 bits per heavy atom. The Labute approximate surface area is 158 Å². The number of rotatable bonds is 4. The Balaban J connectivity index is 1.78. The number of carbonyl (C=O) groups is 1. The van der Waals surface area contributed by atoms with E-state index in [4.69, 9.17) is 0 Å². The summed E-state index contributed by atoms with van der Waals surface area (Å²) in [6.45, 7) is 1.98. The highest BCUT2D eigenvalue weighted by Gasteiger charge is 2.30. The lowest BCUT2D eigenvalue weighted by molar-refractivity contribution is -0.137. The van der Waals surface area contributed by atoms with Crippen molar-refractivity contribution in [3.63, 3.8) is 0 Å². The average molecular weight is 390 g/mol. The summed E-state index contributed by atoms with van der Waals surface area (Å²) in [5.41, 5.74) is -0.655. The van der Waals surface area contributed by atoms with Crippen molar-refractivity contribution in [3.05, 3.63) is 70.3 Å². The maximum Gasteiger partial charge on any atom is 0.416 e. The van der Waals surface area contributed by atoms with Gasteiger partial charge in [0.15, 0.2) is 0 Å². The molecule has 28 heavy (non-hydrogen) atoms. The largest absolute Gasteiger partial charge is 0.416 e. The summed E-state index contributed by atoms with van der Waals surface area (Å²) in [4.78, 5) is 32.9. The quantitative estimate of drug-likeness (QED) is 0.707. The molecule has 0 saturated heterocycles. The SMILES string of the molecule is CCN(Cc1nc2ccccc2c(=O)[nH]1)C(=O)Nc1cccc(C(F)(F)F)c1. The number of carbonyl (C=O) groups excluding carboxylic acids is 1. The van der Waals surface area contributed by atoms with Crippen LogP contribution in [-0.4, -0.2) is 27.4 Å². The van der Waals surface area contributed by atoms with Crippen LogP contribution in [0.1, 0.15) is 18.3 Å². The first kappa shape index (κ1) is 19.4. The number of urea groups is 1. The van der Waals surface area contributed by atoms with Gasteiger partial charge in [-0.2, -0.15) is 13.2 Å². The van der Waals surface area contributed by atoms with Gasteiger partial charge >= 0.3 is 12.2 Å². The van der Waals surface area contributed by atoms with Crippen LogP contribution in [0.2, 0.25) is 0 Å². The van der Waals surface area contributed by atoms with Gasteiger partial charge in [-0.3, -0.25) is 4.79 Å². The third-order valence-corrected chi connectivity index (χ3v) is 4.11. The first-order valence-corrected chi connectivity index (χ1v) is 8.49. The highest BCUT2D eigenvalue weighted by atomic mass is 19.4. The summed E-state index contributed by atoms with van der Waals surface area (Å²) in [5, 5.41) is 2.88. The number of halogens is 3. The van der Waals surface area contributed by atoms with E-state index in [1.807, 2.05) is 0 Å². The van der Waals surface area contributed by atoms with E-state index in [0.29, 0.717) is 10.9 Å². The summed E-state index contributed by atoms with van der Waals surface area (Å²) in [5.74, 6) is 0.282. The zero-order valence-electron chi connectivity index (χ0n) is 14.9. The number of anilines is 1. The lowest BCUT2D eigenvalue weighted by Crippen LogP contribution is -2.35. The van der Waals surface area contributed by atoms with E-state index in [1.54, 1.807) is 31.2 Å². The molecule has 1 aromatic heterocycles. The van der Waals surface area contributed by atoms with E-state index in [-0.39, 0.29) is 30.2 Å². The van der Waals surface area contributed by atoms with Gasteiger partial charge in [-0.15, -0.1) is 0 Å². The maximum absolute atomic E-state index is 12.8. The van der Waals surface area contributed by atoms with Gasteiger partial charge in [0, 0.05) is 12.2 Å². The van der Waals surface area contributed by atoms with Crippen LogP contribution in [-0.2, 0) is 12.7 Å². The lowest BCUT2D eigenvalue weighted by Gasteiger charge is -2.21. The van der Waals surface area contributed by atoms with E-state index in [9.17, 15) is 22.8 Å². The Hall–Kier alpha value is -3.36. The van der Waals surface area contributed by atoms with E-state index in [2.05, 4.69) is 15.3 Å². The third-order valence-electron chi connectivity index (χ3n) is 4.11. The molecule has 0 fully saturated rings. The fourth-order valence-corrected chi connectivity index (χ4v) is 2.69. The molecule has 2 amide bonds. The van der Waals surface area contributed by atoms with Crippen LogP contribution in [0.25, 0.3) is 10.9 Å². The van der Waals surface area contributed by atoms with Gasteiger partial charge in [-0.05, 0) is 37.3 Å². The van der Waals surface area contributed by atoms with Crippen molar-refractivity contribution < 1.29 is 18.0 Å². The van der Waals surface area contributed by atoms with Crippen molar-refractivity contribution in [2.24, 2.45) is 0 Å². The van der Waals surface area contributed by atoms with Crippen molar-refractivity contribution in [1.82, 2.24) is 14.9 Å². The molecule has 1 heterocycles. The molecular weight excluding hydrogens is 373 g/mol. The van der Waals surface area contributed by atoms with Crippen molar-refractivity contribution in [2.45, 2.75) is 19.6 Å². The fraction of sp³-hybridized carbons (Fsp3) is 0.211. The van der Waals surface area contributed by atoms with E-state index in [1.165, 1.54) is 17.0 Å². The summed E-state index contributed by atoms with van der Waals surface area (Å²) in [6.07, 6.45) is -4.50. The number of hydrogen-bond acceptors (Lipinski definition) is 3. The molecule has 0 aliphatic carbocycles. The number of H-pyrrole nitrogens is 1. The van der Waals surface area contributed by atoms with Gasteiger partial charge < -0.3 is 15.2 Å². The van der Waals surface area contributed by atoms with E-state index < -0.39 is 17.8 Å². The molecule has 6 nitrogen and oxygen atoms in total. The molecule has 0 radical (unpaired) electrons. The number of fused-ring (bicyclic) bond motifs is 1. The molecule has 3 aromatic rings. The fourth-order valence-electron chi connectivity index (χ4n) is 2.69. The molecular formula is C19H17F3N4O2. The van der Waals surface area contributed by atoms with Crippen molar-refractivity contribution in [1.29, 1.82) is 0 Å². The molecule has 2 N–H and O–H groups in total. The number of aromatic amines is 1. The average Bonchev–Trinajstić information content (AvgIpc) is 2.65. The first-order valence-electron chi connectivity index (χ1n) is 8.49. The second kappa shape index (κ2) is 7.71. The lowest BCUT2D eigenvalue weighted by atomic mass is 10.2. The summed E-state index contributed by atoms with van der Waals surface area (Å²) in [6, 6.07) is 10.6. The molecule has 3 rings (SSSR count). The van der Waals surface area contributed by atoms with Crippen LogP contribution in [0.3, 0.4) is 0 Å². The zero-order valence-corrected chi connectivity index (χ0v) is 14.9. The van der Waals surface area contributed by atoms with Crippen LogP contribution in [0.5, 0.6) is 0 Å². The Morgan fingerprint density at radius 2 is 1.93 bits per heavy atom. The van der Waals surface area contributed by atoms with Crippen molar-refractivity contribution in [2.75, 3.05) is 11.9 Å². The minimum absolute atomic E-state index is 0.00136. The Kier molecular flexibility index (Phi) is 5.34. The van der Waals surface area contributed by atoms with Gasteiger partial charge in [0.05, 0.1) is 23.0 Å². The van der Waals surface area contributed by atoms with E-state index >= 15 is 0 Å². The minimum atomic E-state index is -4.50. The van der Waals surface area contributed by atoms with Crippen LogP contribution < -0.4 is 10.9 Å². The topological polar surface area (TPSA) is 78.1 Å². The molecule has 0 aliphatic heterocycles. The summed E-state index contributed by atoms with van der Waals surface area (Å²) < 4.78 is 38.5. The van der Waals surface area contributed by atoms with Gasteiger partial charge in [-0.1, -0.05) is 18.2 Å². The Bertz CT molecular complexity index is 1060. The normalized spacial score (nSPS) is 11.4. The molecule has 0 atom stereocenters. The number of nitrogens with zero attached hydrogens (tertiary/aromatic N) is 2. The predicted molar refractivity (Wildman–Crippen MR) is 98.9 cm³/mol. The number of amides is 2. The molecule has 0 aliphatic rings.